The molecule has 0 fully saturated rings. The smallest absolute Gasteiger partial charge is 0.282 e. The second-order valence-electron chi connectivity index (χ2n) is 6.24. The number of aromatic hydroxyl groups is 1. The molecule has 0 unspecified atom stereocenters. The topological polar surface area (TPSA) is 56.1 Å². The lowest BCUT2D eigenvalue weighted by molar-refractivity contribution is -0.114. The number of hydrogen-bond donors (Lipinski definition) is 1. The van der Waals surface area contributed by atoms with Gasteiger partial charge in [0.15, 0.2) is 0 Å². The number of benzene rings is 2. The Labute approximate surface area is 147 Å². The lowest BCUT2D eigenvalue weighted by Crippen LogP contribution is -2.23. The van der Waals surface area contributed by atoms with Crippen LogP contribution in [0.15, 0.2) is 59.3 Å². The maximum absolute atomic E-state index is 12.8. The van der Waals surface area contributed by atoms with Gasteiger partial charge in [0.25, 0.3) is 5.91 Å². The lowest BCUT2D eigenvalue weighted by Gasteiger charge is -2.16. The molecule has 128 valence electrons. The van der Waals surface area contributed by atoms with Crippen LogP contribution < -0.4 is 9.91 Å². The van der Waals surface area contributed by atoms with Crippen LogP contribution in [0.25, 0.3) is 0 Å². The van der Waals surface area contributed by atoms with Crippen molar-refractivity contribution in [3.8, 4) is 5.75 Å². The van der Waals surface area contributed by atoms with E-state index in [0.29, 0.717) is 11.3 Å². The zero-order valence-electron chi connectivity index (χ0n) is 14.8. The first-order valence-corrected chi connectivity index (χ1v) is 8.08. The molecule has 1 N–H and O–H groups in total. The van der Waals surface area contributed by atoms with Gasteiger partial charge in [0.1, 0.15) is 5.75 Å². The lowest BCUT2D eigenvalue weighted by atomic mass is 10.1. The number of phenols is 1. The van der Waals surface area contributed by atoms with E-state index >= 15 is 0 Å². The Kier molecular flexibility index (Phi) is 4.31. The molecule has 1 amide bonds. The fourth-order valence-electron chi connectivity index (χ4n) is 2.66. The second-order valence-corrected chi connectivity index (χ2v) is 6.24. The van der Waals surface area contributed by atoms with Crippen molar-refractivity contribution in [1.82, 2.24) is 0 Å². The van der Waals surface area contributed by atoms with E-state index in [1.54, 1.807) is 30.5 Å². The molecule has 25 heavy (non-hydrogen) atoms. The molecule has 5 heteroatoms. The molecule has 0 saturated heterocycles. The molecule has 0 atom stereocenters. The van der Waals surface area contributed by atoms with Crippen molar-refractivity contribution in [2.75, 3.05) is 17.0 Å². The van der Waals surface area contributed by atoms with Gasteiger partial charge in [0, 0.05) is 18.9 Å². The van der Waals surface area contributed by atoms with Crippen LogP contribution in [0.3, 0.4) is 0 Å². The van der Waals surface area contributed by atoms with Gasteiger partial charge < -0.3 is 10.0 Å². The first-order valence-electron chi connectivity index (χ1n) is 8.08. The molecule has 2 aromatic carbocycles. The highest BCUT2D eigenvalue weighted by molar-refractivity contribution is 6.29. The Morgan fingerprint density at radius 1 is 1.04 bits per heavy atom. The summed E-state index contributed by atoms with van der Waals surface area (Å²) in [5.74, 6) is 0.0618. The van der Waals surface area contributed by atoms with Crippen LogP contribution in [0.2, 0.25) is 0 Å². The molecule has 1 aliphatic rings. The van der Waals surface area contributed by atoms with Crippen LogP contribution in [-0.2, 0) is 4.79 Å². The van der Waals surface area contributed by atoms with Gasteiger partial charge in [-0.3, -0.25) is 4.79 Å². The van der Waals surface area contributed by atoms with Crippen molar-refractivity contribution in [2.24, 2.45) is 5.10 Å². The standard InChI is InChI=1S/C20H21N3O2/c1-13-5-6-17(11-14(13)2)23-20(25)19(15(3)21-23)12-22(4)16-7-9-18(24)10-8-16/h5-12,24H,1-4H3/b19-12-. The predicted octanol–water partition coefficient (Wildman–Crippen LogP) is 3.75. The molecule has 0 radical (unpaired) electrons. The number of hydrogen-bond acceptors (Lipinski definition) is 4. The predicted molar refractivity (Wildman–Crippen MR) is 101 cm³/mol. The van der Waals surface area contributed by atoms with Crippen LogP contribution in [0.1, 0.15) is 18.1 Å². The van der Waals surface area contributed by atoms with Gasteiger partial charge in [-0.15, -0.1) is 0 Å². The minimum atomic E-state index is -0.147. The summed E-state index contributed by atoms with van der Waals surface area (Å²) in [6.45, 7) is 5.89. The SMILES string of the molecule is CC1=NN(c2ccc(C)c(C)c2)C(=O)/C1=C\N(C)c1ccc(O)cc1. The number of amides is 1. The van der Waals surface area contributed by atoms with E-state index in [2.05, 4.69) is 5.10 Å². The fraction of sp³-hybridized carbons (Fsp3) is 0.200. The van der Waals surface area contributed by atoms with Gasteiger partial charge in [-0.25, -0.2) is 0 Å². The molecule has 0 spiro atoms. The third-order valence-electron chi connectivity index (χ3n) is 4.38. The summed E-state index contributed by atoms with van der Waals surface area (Å²) in [5, 5.41) is 15.3. The summed E-state index contributed by atoms with van der Waals surface area (Å²) in [6, 6.07) is 12.7. The summed E-state index contributed by atoms with van der Waals surface area (Å²) < 4.78 is 0. The number of phenolic OH excluding ortho intramolecular Hbond substituents is 1. The van der Waals surface area contributed by atoms with Crippen LogP contribution >= 0.6 is 0 Å². The number of rotatable bonds is 3. The van der Waals surface area contributed by atoms with Crippen LogP contribution in [-0.4, -0.2) is 23.8 Å². The van der Waals surface area contributed by atoms with E-state index < -0.39 is 0 Å². The quantitative estimate of drug-likeness (QED) is 0.869. The van der Waals surface area contributed by atoms with E-state index in [4.69, 9.17) is 0 Å². The molecule has 0 aromatic heterocycles. The Hall–Kier alpha value is -3.08. The van der Waals surface area contributed by atoms with E-state index in [9.17, 15) is 9.90 Å². The van der Waals surface area contributed by atoms with E-state index in [1.165, 1.54) is 10.6 Å². The molecule has 0 aliphatic carbocycles. The first kappa shape index (κ1) is 16.8. The van der Waals surface area contributed by atoms with Gasteiger partial charge >= 0.3 is 0 Å². The molecule has 0 bridgehead atoms. The number of carbonyl (C=O) groups excluding carboxylic acids is 1. The van der Waals surface area contributed by atoms with Gasteiger partial charge in [0.05, 0.1) is 17.0 Å². The van der Waals surface area contributed by atoms with Crippen LogP contribution in [0.5, 0.6) is 5.75 Å². The highest BCUT2D eigenvalue weighted by Crippen LogP contribution is 2.26. The number of aryl methyl sites for hydroxylation is 2. The largest absolute Gasteiger partial charge is 0.508 e. The summed E-state index contributed by atoms with van der Waals surface area (Å²) in [7, 11) is 1.86. The molecular weight excluding hydrogens is 314 g/mol. The minimum absolute atomic E-state index is 0.147. The minimum Gasteiger partial charge on any atom is -0.508 e. The van der Waals surface area contributed by atoms with Crippen molar-refractivity contribution in [1.29, 1.82) is 0 Å². The number of carbonyl (C=O) groups is 1. The number of anilines is 2. The van der Waals surface area contributed by atoms with Crippen molar-refractivity contribution < 1.29 is 9.90 Å². The molecule has 0 saturated carbocycles. The van der Waals surface area contributed by atoms with Crippen LogP contribution in [0, 0.1) is 13.8 Å². The summed E-state index contributed by atoms with van der Waals surface area (Å²) in [4.78, 5) is 14.7. The van der Waals surface area contributed by atoms with Crippen molar-refractivity contribution >= 4 is 23.0 Å². The maximum atomic E-state index is 12.8. The van der Waals surface area contributed by atoms with Crippen molar-refractivity contribution in [3.63, 3.8) is 0 Å². The number of nitrogens with zero attached hydrogens (tertiary/aromatic N) is 3. The van der Waals surface area contributed by atoms with Crippen molar-refractivity contribution in [2.45, 2.75) is 20.8 Å². The van der Waals surface area contributed by atoms with Gasteiger partial charge in [-0.1, -0.05) is 6.07 Å². The summed E-state index contributed by atoms with van der Waals surface area (Å²) in [5.41, 5.74) is 5.16. The summed E-state index contributed by atoms with van der Waals surface area (Å²) in [6.07, 6.45) is 1.77. The highest BCUT2D eigenvalue weighted by atomic mass is 16.3. The van der Waals surface area contributed by atoms with Gasteiger partial charge in [0.2, 0.25) is 0 Å². The number of hydrazone groups is 1. The Morgan fingerprint density at radius 2 is 1.72 bits per heavy atom. The fourth-order valence-corrected chi connectivity index (χ4v) is 2.66. The van der Waals surface area contributed by atoms with Crippen molar-refractivity contribution in [3.05, 3.63) is 65.4 Å². The normalized spacial score (nSPS) is 15.7. The zero-order chi connectivity index (χ0) is 18.1. The van der Waals surface area contributed by atoms with E-state index in [0.717, 1.165) is 16.9 Å². The molecule has 2 aromatic rings. The third kappa shape index (κ3) is 3.26. The first-order chi connectivity index (χ1) is 11.9. The summed E-state index contributed by atoms with van der Waals surface area (Å²) >= 11 is 0. The average molecular weight is 335 g/mol. The molecule has 1 aliphatic heterocycles. The molecule has 3 rings (SSSR count). The Morgan fingerprint density at radius 3 is 2.36 bits per heavy atom. The van der Waals surface area contributed by atoms with Gasteiger partial charge in [-0.05, 0) is 68.3 Å². The Balaban J connectivity index is 1.89. The van der Waals surface area contributed by atoms with E-state index in [1.807, 2.05) is 50.9 Å². The molecular formula is C20H21N3O2. The molecule has 1 heterocycles. The van der Waals surface area contributed by atoms with Gasteiger partial charge in [-0.2, -0.15) is 10.1 Å². The highest BCUT2D eigenvalue weighted by Gasteiger charge is 2.29. The molecule has 5 nitrogen and oxygen atoms in total. The maximum Gasteiger partial charge on any atom is 0.282 e. The van der Waals surface area contributed by atoms with E-state index in [-0.39, 0.29) is 11.7 Å². The zero-order valence-corrected chi connectivity index (χ0v) is 14.8. The monoisotopic (exact) mass is 335 g/mol. The average Bonchev–Trinajstić information content (AvgIpc) is 2.86. The van der Waals surface area contributed by atoms with Crippen LogP contribution in [0.4, 0.5) is 11.4 Å². The second kappa shape index (κ2) is 6.43. The third-order valence-corrected chi connectivity index (χ3v) is 4.38. The Bertz CT molecular complexity index is 882.